The van der Waals surface area contributed by atoms with Crippen LogP contribution in [0.1, 0.15) is 38.1 Å². The summed E-state index contributed by atoms with van der Waals surface area (Å²) < 4.78 is 7.56. The van der Waals surface area contributed by atoms with Crippen LogP contribution >= 0.6 is 0 Å². The summed E-state index contributed by atoms with van der Waals surface area (Å²) in [6, 6.07) is 17.3. The lowest BCUT2D eigenvalue weighted by atomic mass is 9.81. The molecular weight excluding hydrogens is 484 g/mol. The number of hydrogen-bond acceptors (Lipinski definition) is 5. The molecule has 202 valence electrons. The molecule has 0 unspecified atom stereocenters. The van der Waals surface area contributed by atoms with Crippen LogP contribution in [0.25, 0.3) is 11.0 Å². The average Bonchev–Trinajstić information content (AvgIpc) is 3.27. The Bertz CT molecular complexity index is 1300. The quantitative estimate of drug-likeness (QED) is 0.430. The van der Waals surface area contributed by atoms with Crippen LogP contribution in [0, 0.1) is 11.8 Å². The predicted molar refractivity (Wildman–Crippen MR) is 141 cm³/mol. The van der Waals surface area contributed by atoms with E-state index in [1.807, 2.05) is 64.1 Å². The fourth-order valence-electron chi connectivity index (χ4n) is 6.22. The summed E-state index contributed by atoms with van der Waals surface area (Å²) in [6.45, 7) is 3.92. The number of carboxylic acids is 1. The molecule has 1 aromatic heterocycles. The molecule has 0 radical (unpaired) electrons. The van der Waals surface area contributed by atoms with Crippen LogP contribution in [0.2, 0.25) is 0 Å². The molecule has 2 aliphatic heterocycles. The molecule has 0 bridgehead atoms. The van der Waals surface area contributed by atoms with Crippen molar-refractivity contribution in [3.05, 3.63) is 65.1 Å². The molecule has 3 aromatic rings. The number of quaternary nitrogens is 1. The van der Waals surface area contributed by atoms with Crippen LogP contribution in [0.5, 0.6) is 5.75 Å². The molecule has 2 N–H and O–H groups in total. The van der Waals surface area contributed by atoms with Gasteiger partial charge in [-0.05, 0) is 48.9 Å². The van der Waals surface area contributed by atoms with Gasteiger partial charge in [-0.2, -0.15) is 0 Å². The van der Waals surface area contributed by atoms with Gasteiger partial charge in [-0.1, -0.05) is 30.3 Å². The van der Waals surface area contributed by atoms with Gasteiger partial charge in [-0.25, -0.2) is 4.79 Å². The first kappa shape index (κ1) is 26.0. The number of fused-ring (bicyclic) bond motifs is 1. The summed E-state index contributed by atoms with van der Waals surface area (Å²) in [4.78, 5) is 43.1. The number of amides is 1. The Kier molecular flexibility index (Phi) is 8.12. The van der Waals surface area contributed by atoms with Crippen LogP contribution in [-0.2, 0) is 9.59 Å². The normalized spacial score (nSPS) is 23.8. The minimum atomic E-state index is -1.02. The summed E-state index contributed by atoms with van der Waals surface area (Å²) >= 11 is 0. The number of ether oxygens (including phenoxy) is 1. The molecule has 0 spiro atoms. The zero-order chi connectivity index (χ0) is 26.5. The third-order valence-corrected chi connectivity index (χ3v) is 8.30. The molecule has 2 aromatic carbocycles. The van der Waals surface area contributed by atoms with E-state index in [4.69, 9.17) is 4.74 Å². The van der Waals surface area contributed by atoms with E-state index >= 15 is 0 Å². The van der Waals surface area contributed by atoms with Gasteiger partial charge < -0.3 is 29.4 Å². The number of nitrogens with zero attached hydrogens (tertiary/aromatic N) is 2. The van der Waals surface area contributed by atoms with Crippen molar-refractivity contribution in [3.8, 4) is 5.75 Å². The molecule has 0 aliphatic carbocycles. The number of H-pyrrole nitrogens is 1. The number of rotatable bonds is 9. The van der Waals surface area contributed by atoms with E-state index in [0.717, 1.165) is 49.9 Å². The largest absolute Gasteiger partial charge is 0.550 e. The summed E-state index contributed by atoms with van der Waals surface area (Å²) in [7, 11) is 0. The molecule has 9 heteroatoms. The Balaban J connectivity index is 1.15. The summed E-state index contributed by atoms with van der Waals surface area (Å²) in [6.07, 6.45) is 3.40. The molecule has 38 heavy (non-hydrogen) atoms. The average molecular weight is 521 g/mol. The van der Waals surface area contributed by atoms with Gasteiger partial charge in [0.2, 0.25) is 0 Å². The lowest BCUT2D eigenvalue weighted by Crippen LogP contribution is -3.13. The minimum Gasteiger partial charge on any atom is -0.550 e. The number of carbonyl (C=O) groups excluding carboxylic acids is 2. The number of aromatic nitrogens is 2. The molecule has 5 rings (SSSR count). The fourth-order valence-corrected chi connectivity index (χ4v) is 6.22. The van der Waals surface area contributed by atoms with Crippen molar-refractivity contribution >= 4 is 22.9 Å². The van der Waals surface area contributed by atoms with Crippen molar-refractivity contribution in [1.29, 1.82) is 0 Å². The van der Waals surface area contributed by atoms with E-state index in [-0.39, 0.29) is 42.5 Å². The Hall–Kier alpha value is -3.59. The monoisotopic (exact) mass is 520 g/mol. The Morgan fingerprint density at radius 3 is 2.50 bits per heavy atom. The van der Waals surface area contributed by atoms with Crippen LogP contribution in [0.15, 0.2) is 59.4 Å². The van der Waals surface area contributed by atoms with E-state index in [9.17, 15) is 19.5 Å². The number of benzene rings is 2. The Morgan fingerprint density at radius 1 is 1.00 bits per heavy atom. The second-order valence-electron chi connectivity index (χ2n) is 10.7. The van der Waals surface area contributed by atoms with E-state index < -0.39 is 5.97 Å². The van der Waals surface area contributed by atoms with Crippen LogP contribution in [0.3, 0.4) is 0 Å². The third-order valence-electron chi connectivity index (χ3n) is 8.30. The summed E-state index contributed by atoms with van der Waals surface area (Å²) in [5.41, 5.74) is 1.78. The number of aliphatic carboxylic acids is 1. The van der Waals surface area contributed by atoms with Crippen LogP contribution in [0.4, 0.5) is 0 Å². The van der Waals surface area contributed by atoms with Gasteiger partial charge >= 0.3 is 5.69 Å². The first-order valence-electron chi connectivity index (χ1n) is 13.7. The summed E-state index contributed by atoms with van der Waals surface area (Å²) in [5, 5.41) is 11.4. The van der Waals surface area contributed by atoms with Gasteiger partial charge in [0.05, 0.1) is 30.7 Å². The number of aromatic amines is 1. The first-order chi connectivity index (χ1) is 18.5. The number of carboxylic acid groups (broad SMARTS) is 1. The molecule has 9 nitrogen and oxygen atoms in total. The lowest BCUT2D eigenvalue weighted by molar-refractivity contribution is -0.906. The molecule has 2 atom stereocenters. The second kappa shape index (κ2) is 11.9. The molecule has 2 fully saturated rings. The second-order valence-corrected chi connectivity index (χ2v) is 10.7. The van der Waals surface area contributed by atoms with Gasteiger partial charge in [-0.15, -0.1) is 0 Å². The SMILES string of the molecule is O=C([O-])C[C@@H]1CCN(C(=O)COc2ccccc2)C[C@@H]1CC[NH+]1CCC(n2c(=O)[nH]c3ccccc32)CC1. The van der Waals surface area contributed by atoms with Crippen molar-refractivity contribution in [2.45, 2.75) is 38.1 Å². The van der Waals surface area contributed by atoms with Gasteiger partial charge in [0.25, 0.3) is 5.91 Å². The van der Waals surface area contributed by atoms with E-state index in [2.05, 4.69) is 4.98 Å². The molecule has 1 amide bonds. The first-order valence-corrected chi connectivity index (χ1v) is 13.7. The predicted octanol–water partition coefficient (Wildman–Crippen LogP) is 0.623. The van der Waals surface area contributed by atoms with Crippen LogP contribution < -0.4 is 20.4 Å². The highest BCUT2D eigenvalue weighted by Crippen LogP contribution is 2.29. The third kappa shape index (κ3) is 6.10. The number of carbonyl (C=O) groups is 2. The van der Waals surface area contributed by atoms with Crippen molar-refractivity contribution in [2.75, 3.05) is 39.3 Å². The van der Waals surface area contributed by atoms with Crippen LogP contribution in [-0.4, -0.2) is 65.7 Å². The fraction of sp³-hybridized carbons (Fsp3) is 0.483. The molecular formula is C29H36N4O5. The Morgan fingerprint density at radius 2 is 1.74 bits per heavy atom. The standard InChI is InChI=1S/C29H36N4O5/c34-27(20-38-24-6-2-1-3-7-24)32-17-11-21(18-28(35)36)22(19-32)10-14-31-15-12-23(13-16-31)33-26-9-5-4-8-25(26)30-29(33)37/h1-9,21-23H,10-20H2,(H,30,37)(H,35,36)/t21-,22-/m0/s1. The molecule has 2 aliphatic rings. The van der Waals surface area contributed by atoms with Crippen molar-refractivity contribution in [2.24, 2.45) is 11.8 Å². The highest BCUT2D eigenvalue weighted by atomic mass is 16.5. The zero-order valence-corrected chi connectivity index (χ0v) is 21.6. The van der Waals surface area contributed by atoms with Crippen molar-refractivity contribution < 1.29 is 24.3 Å². The zero-order valence-electron chi connectivity index (χ0n) is 21.6. The number of nitrogens with one attached hydrogen (secondary N) is 2. The van der Waals surface area contributed by atoms with E-state index in [0.29, 0.717) is 25.3 Å². The molecule has 0 saturated carbocycles. The number of piperidine rings is 2. The highest BCUT2D eigenvalue weighted by Gasteiger charge is 2.33. The van der Waals surface area contributed by atoms with Crippen molar-refractivity contribution in [3.63, 3.8) is 0 Å². The minimum absolute atomic E-state index is 0.0147. The Labute approximate surface area is 222 Å². The maximum absolute atomic E-state index is 12.9. The van der Waals surface area contributed by atoms with Gasteiger partial charge in [0, 0.05) is 44.4 Å². The molecule has 2 saturated heterocycles. The number of para-hydroxylation sites is 3. The maximum atomic E-state index is 12.9. The smallest absolute Gasteiger partial charge is 0.326 e. The summed E-state index contributed by atoms with van der Waals surface area (Å²) in [5.74, 6) is -0.302. The number of likely N-dealkylation sites (tertiary alicyclic amines) is 2. The topological polar surface area (TPSA) is 112 Å². The lowest BCUT2D eigenvalue weighted by Gasteiger charge is -2.39. The maximum Gasteiger partial charge on any atom is 0.326 e. The number of imidazole rings is 1. The van der Waals surface area contributed by atoms with E-state index in [1.54, 1.807) is 0 Å². The number of hydrogen-bond donors (Lipinski definition) is 2. The van der Waals surface area contributed by atoms with Gasteiger partial charge in [-0.3, -0.25) is 9.36 Å². The van der Waals surface area contributed by atoms with E-state index in [1.165, 1.54) is 4.90 Å². The van der Waals surface area contributed by atoms with Gasteiger partial charge in [0.1, 0.15) is 5.75 Å². The van der Waals surface area contributed by atoms with Gasteiger partial charge in [0.15, 0.2) is 6.61 Å². The molecule has 3 heterocycles. The highest BCUT2D eigenvalue weighted by molar-refractivity contribution is 5.78. The van der Waals surface area contributed by atoms with Crippen molar-refractivity contribution in [1.82, 2.24) is 14.5 Å².